The van der Waals surface area contributed by atoms with Gasteiger partial charge in [0.2, 0.25) is 11.8 Å². The number of carbonyl (C=O) groups excluding carboxylic acids is 3. The molecule has 0 aromatic heterocycles. The summed E-state index contributed by atoms with van der Waals surface area (Å²) in [5, 5.41) is 6.62. The Hall–Kier alpha value is -1.74. The minimum Gasteiger partial charge on any atom is -0.375 e. The topological polar surface area (TPSA) is 87.7 Å². The molecule has 1 heterocycles. The zero-order chi connectivity index (χ0) is 25.5. The maximum Gasteiger partial charge on any atom is 0.253 e. The molecule has 1 saturated carbocycles. The Morgan fingerprint density at radius 3 is 2.34 bits per heavy atom. The van der Waals surface area contributed by atoms with Gasteiger partial charge in [-0.2, -0.15) is 0 Å². The van der Waals surface area contributed by atoms with Gasteiger partial charge in [0.1, 0.15) is 10.9 Å². The molecule has 2 fully saturated rings. The van der Waals surface area contributed by atoms with Crippen LogP contribution >= 0.6 is 58.0 Å². The van der Waals surface area contributed by atoms with E-state index in [-0.39, 0.29) is 29.1 Å². The van der Waals surface area contributed by atoms with Crippen LogP contribution in [0.4, 0.5) is 5.69 Å². The van der Waals surface area contributed by atoms with Crippen LogP contribution < -0.4 is 10.6 Å². The highest BCUT2D eigenvalue weighted by molar-refractivity contribution is 6.53. The number of anilines is 1. The number of hydrogen-bond acceptors (Lipinski definition) is 4. The fraction of sp³-hybridized carbons (Fsp3) is 0.348. The molecule has 12 heteroatoms. The third kappa shape index (κ3) is 5.66. The molecular formula is C23H20Cl5N3O4. The molecule has 2 aromatic carbocycles. The van der Waals surface area contributed by atoms with E-state index in [1.165, 1.54) is 19.2 Å². The fourth-order valence-corrected chi connectivity index (χ4v) is 5.65. The molecule has 1 aliphatic heterocycles. The molecule has 1 saturated heterocycles. The summed E-state index contributed by atoms with van der Waals surface area (Å²) in [6, 6.07) is 9.26. The summed E-state index contributed by atoms with van der Waals surface area (Å²) in [6.07, 6.45) is 0. The molecule has 2 aromatic rings. The van der Waals surface area contributed by atoms with Crippen LogP contribution in [0.15, 0.2) is 36.4 Å². The second-order valence-electron chi connectivity index (χ2n) is 8.42. The number of amides is 3. The first kappa shape index (κ1) is 26.3. The quantitative estimate of drug-likeness (QED) is 0.463. The predicted octanol–water partition coefficient (Wildman–Crippen LogP) is 4.76. The number of alkyl halides is 2. The van der Waals surface area contributed by atoms with Crippen LogP contribution in [0.1, 0.15) is 21.8 Å². The Bertz CT molecular complexity index is 1170. The van der Waals surface area contributed by atoms with Crippen LogP contribution in [-0.4, -0.2) is 59.8 Å². The number of nitrogens with zero attached hydrogens (tertiary/aromatic N) is 1. The van der Waals surface area contributed by atoms with Crippen molar-refractivity contribution in [3.63, 3.8) is 0 Å². The molecule has 2 aliphatic rings. The van der Waals surface area contributed by atoms with Crippen molar-refractivity contribution in [1.82, 2.24) is 10.2 Å². The SMILES string of the molecule is COCC(=O)N1CC(NC(=O)c2cc(NC(=O)C3C(c4cc(Cl)cc(Cl)c4)C3(Cl)Cl)ccc2Cl)C1. The molecule has 2 atom stereocenters. The monoisotopic (exact) mass is 577 g/mol. The van der Waals surface area contributed by atoms with E-state index in [4.69, 9.17) is 62.7 Å². The van der Waals surface area contributed by atoms with Gasteiger partial charge in [0.15, 0.2) is 0 Å². The molecule has 3 amide bonds. The van der Waals surface area contributed by atoms with Crippen molar-refractivity contribution in [1.29, 1.82) is 0 Å². The maximum absolute atomic E-state index is 13.0. The number of likely N-dealkylation sites (tertiary alicyclic amines) is 1. The first-order valence-electron chi connectivity index (χ1n) is 10.5. The van der Waals surface area contributed by atoms with E-state index in [1.807, 2.05) is 0 Å². The van der Waals surface area contributed by atoms with E-state index in [1.54, 1.807) is 29.2 Å². The second kappa shape index (κ2) is 10.3. The lowest BCUT2D eigenvalue weighted by Gasteiger charge is -2.39. The minimum absolute atomic E-state index is 0.00761. The molecule has 186 valence electrons. The van der Waals surface area contributed by atoms with Crippen LogP contribution in [0.25, 0.3) is 0 Å². The van der Waals surface area contributed by atoms with Crippen molar-refractivity contribution in [3.05, 3.63) is 62.6 Å². The van der Waals surface area contributed by atoms with Crippen molar-refractivity contribution in [2.75, 3.05) is 32.1 Å². The normalized spacial score (nSPS) is 20.7. The molecule has 35 heavy (non-hydrogen) atoms. The molecule has 0 radical (unpaired) electrons. The number of benzene rings is 2. The number of ether oxygens (including phenoxy) is 1. The summed E-state index contributed by atoms with van der Waals surface area (Å²) in [5.74, 6) is -2.24. The smallest absolute Gasteiger partial charge is 0.253 e. The van der Waals surface area contributed by atoms with Crippen molar-refractivity contribution in [2.45, 2.75) is 16.3 Å². The lowest BCUT2D eigenvalue weighted by molar-refractivity contribution is -0.139. The average Bonchev–Trinajstić information content (AvgIpc) is 3.33. The van der Waals surface area contributed by atoms with Gasteiger partial charge in [0, 0.05) is 41.8 Å². The van der Waals surface area contributed by atoms with Crippen molar-refractivity contribution in [2.24, 2.45) is 5.92 Å². The highest BCUT2D eigenvalue weighted by atomic mass is 35.5. The Morgan fingerprint density at radius 1 is 1.06 bits per heavy atom. The van der Waals surface area contributed by atoms with Crippen molar-refractivity contribution < 1.29 is 19.1 Å². The molecule has 7 nitrogen and oxygen atoms in total. The zero-order valence-corrected chi connectivity index (χ0v) is 22.1. The third-order valence-corrected chi connectivity index (χ3v) is 7.60. The van der Waals surface area contributed by atoms with Crippen molar-refractivity contribution in [3.8, 4) is 0 Å². The first-order chi connectivity index (χ1) is 16.5. The Kier molecular flexibility index (Phi) is 7.77. The summed E-state index contributed by atoms with van der Waals surface area (Å²) in [7, 11) is 1.45. The number of rotatable bonds is 7. The van der Waals surface area contributed by atoms with E-state index in [2.05, 4.69) is 10.6 Å². The second-order valence-corrected chi connectivity index (χ2v) is 11.1. The Labute approximate surface area is 226 Å². The van der Waals surface area contributed by atoms with Gasteiger partial charge in [-0.3, -0.25) is 14.4 Å². The zero-order valence-electron chi connectivity index (χ0n) is 18.3. The number of methoxy groups -OCH3 is 1. The lowest BCUT2D eigenvalue weighted by atomic mass is 10.1. The van der Waals surface area contributed by atoms with Crippen LogP contribution in [0.5, 0.6) is 0 Å². The Morgan fingerprint density at radius 2 is 1.71 bits per heavy atom. The van der Waals surface area contributed by atoms with E-state index in [0.717, 1.165) is 0 Å². The molecule has 0 spiro atoms. The summed E-state index contributed by atoms with van der Waals surface area (Å²) >= 11 is 31.2. The van der Waals surface area contributed by atoms with E-state index < -0.39 is 28.0 Å². The molecule has 2 N–H and O–H groups in total. The number of nitrogens with one attached hydrogen (secondary N) is 2. The largest absolute Gasteiger partial charge is 0.375 e. The van der Waals surface area contributed by atoms with Crippen LogP contribution in [0.3, 0.4) is 0 Å². The highest BCUT2D eigenvalue weighted by Crippen LogP contribution is 2.65. The summed E-state index contributed by atoms with van der Waals surface area (Å²) in [4.78, 5) is 39.1. The molecular weight excluding hydrogens is 560 g/mol. The standard InChI is InChI=1S/C23H20Cl5N3O4/c1-35-10-18(32)31-8-15(9-31)30-21(33)16-7-14(2-3-17(16)26)29-22(34)20-19(23(20,27)28)11-4-12(24)6-13(25)5-11/h2-7,15,19-20H,8-10H2,1H3,(H,29,34)(H,30,33). The number of hydrogen-bond donors (Lipinski definition) is 2. The van der Waals surface area contributed by atoms with Gasteiger partial charge in [-0.1, -0.05) is 34.8 Å². The first-order valence-corrected chi connectivity index (χ1v) is 12.4. The fourth-order valence-electron chi connectivity index (χ4n) is 4.07. The van der Waals surface area contributed by atoms with Gasteiger partial charge < -0.3 is 20.3 Å². The summed E-state index contributed by atoms with van der Waals surface area (Å²) in [6.45, 7) is 0.754. The van der Waals surface area contributed by atoms with Crippen LogP contribution in [0, 0.1) is 5.92 Å². The number of halogens is 5. The van der Waals surface area contributed by atoms with Gasteiger partial charge in [-0.15, -0.1) is 23.2 Å². The summed E-state index contributed by atoms with van der Waals surface area (Å²) in [5.41, 5.74) is 1.19. The average molecular weight is 580 g/mol. The Balaban J connectivity index is 1.40. The summed E-state index contributed by atoms with van der Waals surface area (Å²) < 4.78 is 3.49. The molecule has 0 bridgehead atoms. The third-order valence-electron chi connectivity index (χ3n) is 5.90. The maximum atomic E-state index is 13.0. The predicted molar refractivity (Wildman–Crippen MR) is 137 cm³/mol. The number of carbonyl (C=O) groups is 3. The van der Waals surface area contributed by atoms with Gasteiger partial charge in [0.25, 0.3) is 5.91 Å². The lowest BCUT2D eigenvalue weighted by Crippen LogP contribution is -2.61. The highest BCUT2D eigenvalue weighted by Gasteiger charge is 2.67. The van der Waals surface area contributed by atoms with Gasteiger partial charge in [-0.25, -0.2) is 0 Å². The van der Waals surface area contributed by atoms with E-state index >= 15 is 0 Å². The molecule has 1 aliphatic carbocycles. The van der Waals surface area contributed by atoms with Gasteiger partial charge in [-0.05, 0) is 42.0 Å². The van der Waals surface area contributed by atoms with Crippen LogP contribution in [0.2, 0.25) is 15.1 Å². The van der Waals surface area contributed by atoms with E-state index in [9.17, 15) is 14.4 Å². The van der Waals surface area contributed by atoms with E-state index in [0.29, 0.717) is 34.4 Å². The molecule has 4 rings (SSSR count). The van der Waals surface area contributed by atoms with Crippen molar-refractivity contribution >= 4 is 81.4 Å². The van der Waals surface area contributed by atoms with Gasteiger partial charge >= 0.3 is 0 Å². The minimum atomic E-state index is -1.33. The molecule has 2 unspecified atom stereocenters. The van der Waals surface area contributed by atoms with Gasteiger partial charge in [0.05, 0.1) is 22.5 Å². The van der Waals surface area contributed by atoms with Crippen LogP contribution in [-0.2, 0) is 14.3 Å².